The maximum atomic E-state index is 5.90. The molecule has 0 aliphatic carbocycles. The number of ether oxygens (including phenoxy) is 1. The number of hydrogen-bond acceptors (Lipinski definition) is 5. The molecule has 1 heterocycles. The second-order valence-corrected chi connectivity index (χ2v) is 5.97. The summed E-state index contributed by atoms with van der Waals surface area (Å²) < 4.78 is 5.82. The number of benzene rings is 3. The van der Waals surface area contributed by atoms with Gasteiger partial charge in [0.25, 0.3) is 0 Å². The Bertz CT molecular complexity index is 1030. The number of anilines is 3. The summed E-state index contributed by atoms with van der Waals surface area (Å²) >= 11 is 0. The Hall–Kier alpha value is -3.86. The van der Waals surface area contributed by atoms with Gasteiger partial charge >= 0.3 is 0 Å². The van der Waals surface area contributed by atoms with Gasteiger partial charge in [-0.1, -0.05) is 30.3 Å². The van der Waals surface area contributed by atoms with Crippen LogP contribution in [0.4, 0.5) is 17.2 Å². The molecule has 132 valence electrons. The zero-order valence-electron chi connectivity index (χ0n) is 14.5. The lowest BCUT2D eigenvalue weighted by Gasteiger charge is -2.12. The summed E-state index contributed by atoms with van der Waals surface area (Å²) in [5, 5.41) is 3.33. The molecule has 5 nitrogen and oxygen atoms in total. The third-order valence-corrected chi connectivity index (χ3v) is 4.01. The van der Waals surface area contributed by atoms with Crippen LogP contribution >= 0.6 is 0 Å². The van der Waals surface area contributed by atoms with Crippen LogP contribution in [-0.2, 0) is 0 Å². The van der Waals surface area contributed by atoms with Gasteiger partial charge in [-0.2, -0.15) is 0 Å². The van der Waals surface area contributed by atoms with E-state index >= 15 is 0 Å². The van der Waals surface area contributed by atoms with Crippen LogP contribution in [0.1, 0.15) is 0 Å². The minimum Gasteiger partial charge on any atom is -0.457 e. The highest BCUT2D eigenvalue weighted by molar-refractivity contribution is 5.79. The first-order chi connectivity index (χ1) is 13.3. The van der Waals surface area contributed by atoms with E-state index in [0.29, 0.717) is 11.5 Å². The van der Waals surface area contributed by atoms with Crippen molar-refractivity contribution in [1.29, 1.82) is 0 Å². The zero-order valence-corrected chi connectivity index (χ0v) is 14.5. The normalized spacial score (nSPS) is 10.4. The molecule has 0 saturated carbocycles. The van der Waals surface area contributed by atoms with Crippen LogP contribution in [0, 0.1) is 0 Å². The molecule has 1 aromatic heterocycles. The molecule has 0 bridgehead atoms. The molecule has 0 spiro atoms. The quantitative estimate of drug-likeness (QED) is 0.478. The van der Waals surface area contributed by atoms with Gasteiger partial charge in [-0.15, -0.1) is 0 Å². The van der Waals surface area contributed by atoms with Crippen molar-refractivity contribution in [3.63, 3.8) is 0 Å². The van der Waals surface area contributed by atoms with Crippen molar-refractivity contribution in [2.45, 2.75) is 0 Å². The first-order valence-electron chi connectivity index (χ1n) is 8.54. The summed E-state index contributed by atoms with van der Waals surface area (Å²) in [6.07, 6.45) is 3.29. The van der Waals surface area contributed by atoms with Crippen molar-refractivity contribution in [1.82, 2.24) is 9.97 Å². The average molecular weight is 354 g/mol. The molecule has 0 fully saturated rings. The van der Waals surface area contributed by atoms with Crippen molar-refractivity contribution in [2.24, 2.45) is 0 Å². The van der Waals surface area contributed by atoms with E-state index in [-0.39, 0.29) is 0 Å². The van der Waals surface area contributed by atoms with Gasteiger partial charge in [0.05, 0.1) is 0 Å². The van der Waals surface area contributed by atoms with Crippen molar-refractivity contribution in [2.75, 3.05) is 11.1 Å². The molecule has 3 N–H and O–H groups in total. The number of para-hydroxylation sites is 1. The fraction of sp³-hybridized carbons (Fsp3) is 0. The van der Waals surface area contributed by atoms with Gasteiger partial charge in [0, 0.05) is 23.1 Å². The van der Waals surface area contributed by atoms with E-state index in [9.17, 15) is 0 Å². The average Bonchev–Trinajstić information content (AvgIpc) is 2.71. The third-order valence-electron chi connectivity index (χ3n) is 4.01. The van der Waals surface area contributed by atoms with Crippen molar-refractivity contribution < 1.29 is 4.74 Å². The monoisotopic (exact) mass is 354 g/mol. The summed E-state index contributed by atoms with van der Waals surface area (Å²) in [4.78, 5) is 8.52. The van der Waals surface area contributed by atoms with E-state index in [2.05, 4.69) is 15.3 Å². The number of aromatic nitrogens is 2. The van der Waals surface area contributed by atoms with Crippen molar-refractivity contribution >= 4 is 17.2 Å². The zero-order chi connectivity index (χ0) is 18.5. The Balaban J connectivity index is 1.55. The summed E-state index contributed by atoms with van der Waals surface area (Å²) in [5.41, 5.74) is 9.35. The van der Waals surface area contributed by atoms with Crippen molar-refractivity contribution in [3.05, 3.63) is 91.4 Å². The Labute approximate surface area is 157 Å². The lowest BCUT2D eigenvalue weighted by molar-refractivity contribution is 0.483. The largest absolute Gasteiger partial charge is 0.457 e. The van der Waals surface area contributed by atoms with Crippen LogP contribution in [0.15, 0.2) is 91.4 Å². The SMILES string of the molecule is Nc1cccc(-c2cncnc2Nc2ccc(Oc3ccccc3)cc2)c1. The molecule has 0 radical (unpaired) electrons. The van der Waals surface area contributed by atoms with Crippen LogP contribution in [0.3, 0.4) is 0 Å². The highest BCUT2D eigenvalue weighted by atomic mass is 16.5. The Morgan fingerprint density at radius 2 is 1.59 bits per heavy atom. The van der Waals surface area contributed by atoms with E-state index < -0.39 is 0 Å². The smallest absolute Gasteiger partial charge is 0.141 e. The fourth-order valence-corrected chi connectivity index (χ4v) is 2.71. The Morgan fingerprint density at radius 1 is 0.815 bits per heavy atom. The Morgan fingerprint density at radius 3 is 2.37 bits per heavy atom. The van der Waals surface area contributed by atoms with Crippen LogP contribution in [-0.4, -0.2) is 9.97 Å². The van der Waals surface area contributed by atoms with Gasteiger partial charge in [-0.3, -0.25) is 0 Å². The minimum atomic E-state index is 0.699. The fourth-order valence-electron chi connectivity index (χ4n) is 2.71. The van der Waals surface area contributed by atoms with Crippen LogP contribution in [0.25, 0.3) is 11.1 Å². The first kappa shape index (κ1) is 16.6. The highest BCUT2D eigenvalue weighted by Gasteiger charge is 2.08. The molecule has 0 aliphatic rings. The van der Waals surface area contributed by atoms with Crippen LogP contribution < -0.4 is 15.8 Å². The molecule has 27 heavy (non-hydrogen) atoms. The lowest BCUT2D eigenvalue weighted by atomic mass is 10.1. The predicted molar refractivity (Wildman–Crippen MR) is 108 cm³/mol. The van der Waals surface area contributed by atoms with E-state index in [0.717, 1.165) is 28.3 Å². The molecule has 5 heteroatoms. The Kier molecular flexibility index (Phi) is 4.66. The number of nitrogens with two attached hydrogens (primary N) is 1. The molecule has 0 saturated heterocycles. The molecule has 4 rings (SSSR count). The second kappa shape index (κ2) is 7.58. The molecule has 0 amide bonds. The molecule has 0 aliphatic heterocycles. The summed E-state index contributed by atoms with van der Waals surface area (Å²) in [7, 11) is 0. The molecular weight excluding hydrogens is 336 g/mol. The third kappa shape index (κ3) is 4.04. The highest BCUT2D eigenvalue weighted by Crippen LogP contribution is 2.30. The molecule has 3 aromatic carbocycles. The number of rotatable bonds is 5. The first-order valence-corrected chi connectivity index (χ1v) is 8.54. The molecule has 0 atom stereocenters. The van der Waals surface area contributed by atoms with Gasteiger partial charge in [0.15, 0.2) is 0 Å². The van der Waals surface area contributed by atoms with E-state index in [1.807, 2.05) is 78.9 Å². The van der Waals surface area contributed by atoms with Gasteiger partial charge < -0.3 is 15.8 Å². The van der Waals surface area contributed by atoms with E-state index in [1.54, 1.807) is 6.20 Å². The molecule has 0 unspecified atom stereocenters. The van der Waals surface area contributed by atoms with Gasteiger partial charge in [-0.25, -0.2) is 9.97 Å². The maximum Gasteiger partial charge on any atom is 0.141 e. The minimum absolute atomic E-state index is 0.699. The predicted octanol–water partition coefficient (Wildman–Crippen LogP) is 5.26. The van der Waals surface area contributed by atoms with Crippen molar-refractivity contribution in [3.8, 4) is 22.6 Å². The molecular formula is C22H18N4O. The summed E-state index contributed by atoms with van der Waals surface area (Å²) in [5.74, 6) is 2.29. The van der Waals surface area contributed by atoms with Gasteiger partial charge in [0.1, 0.15) is 23.6 Å². The number of nitrogens with one attached hydrogen (secondary N) is 1. The van der Waals surface area contributed by atoms with Gasteiger partial charge in [0.2, 0.25) is 0 Å². The topological polar surface area (TPSA) is 73.1 Å². The van der Waals surface area contributed by atoms with Crippen LogP contribution in [0.2, 0.25) is 0 Å². The maximum absolute atomic E-state index is 5.90. The number of nitrogens with zero attached hydrogens (tertiary/aromatic N) is 2. The van der Waals surface area contributed by atoms with E-state index in [4.69, 9.17) is 10.5 Å². The molecule has 4 aromatic rings. The van der Waals surface area contributed by atoms with Crippen LogP contribution in [0.5, 0.6) is 11.5 Å². The lowest BCUT2D eigenvalue weighted by Crippen LogP contribution is -1.98. The summed E-state index contributed by atoms with van der Waals surface area (Å²) in [6, 6.07) is 25.1. The summed E-state index contributed by atoms with van der Waals surface area (Å²) in [6.45, 7) is 0. The second-order valence-electron chi connectivity index (χ2n) is 5.97. The van der Waals surface area contributed by atoms with Gasteiger partial charge in [-0.05, 0) is 54.1 Å². The number of hydrogen-bond donors (Lipinski definition) is 2. The van der Waals surface area contributed by atoms with E-state index in [1.165, 1.54) is 6.33 Å². The standard InChI is InChI=1S/C22H18N4O/c23-17-6-4-5-16(13-17)21-14-24-15-25-22(21)26-18-9-11-20(12-10-18)27-19-7-2-1-3-8-19/h1-15H,23H2,(H,24,25,26). The number of nitrogen functional groups attached to an aromatic ring is 1.